The Morgan fingerprint density at radius 1 is 0.478 bits per heavy atom. The van der Waals surface area contributed by atoms with Gasteiger partial charge >= 0.3 is 41.7 Å². The smallest absolute Gasteiger partial charge is 0.206 e. The van der Waals surface area contributed by atoms with Crippen LogP contribution in [0.1, 0.15) is 0 Å². The molecule has 23 heavy (non-hydrogen) atoms. The molecule has 2 atom stereocenters. The standard InChI is InChI=1S/C7F15N/c8-1(9)2(10,11)4(14,6(16,17)18)23(22)5(15,3(1,12)13)7(19,20)21. The minimum atomic E-state index is -7.91. The number of piperidine rings is 1. The van der Waals surface area contributed by atoms with Crippen molar-refractivity contribution in [3.63, 3.8) is 0 Å². The van der Waals surface area contributed by atoms with Gasteiger partial charge in [-0.3, -0.25) is 0 Å². The van der Waals surface area contributed by atoms with Crippen molar-refractivity contribution in [1.82, 2.24) is 5.12 Å². The maximum atomic E-state index is 13.2. The zero-order chi connectivity index (χ0) is 19.1. The van der Waals surface area contributed by atoms with E-state index in [4.69, 9.17) is 0 Å². The monoisotopic (exact) mass is 383 g/mol. The molecule has 0 aromatic carbocycles. The van der Waals surface area contributed by atoms with E-state index in [-0.39, 0.29) is 0 Å². The average molecular weight is 383 g/mol. The molecule has 2 unspecified atom stereocenters. The van der Waals surface area contributed by atoms with Crippen molar-refractivity contribution in [3.05, 3.63) is 0 Å². The summed E-state index contributed by atoms with van der Waals surface area (Å²) < 4.78 is 189. The minimum Gasteiger partial charge on any atom is -0.206 e. The SMILES string of the molecule is FN1C(F)(C(F)(F)F)C(F)(F)C(F)(F)C(F)(F)C1(F)C(F)(F)F. The molecule has 1 aliphatic rings. The Hall–Kier alpha value is -1.09. The molecule has 0 bridgehead atoms. The van der Waals surface area contributed by atoms with Crippen molar-refractivity contribution in [3.8, 4) is 0 Å². The molecule has 1 fully saturated rings. The Balaban J connectivity index is 3.96. The summed E-state index contributed by atoms with van der Waals surface area (Å²) in [5.41, 5.74) is 0. The fraction of sp³-hybridized carbons (Fsp3) is 1.00. The molecule has 0 amide bonds. The second-order valence-electron chi connectivity index (χ2n) is 4.24. The van der Waals surface area contributed by atoms with E-state index in [0.717, 1.165) is 0 Å². The summed E-state index contributed by atoms with van der Waals surface area (Å²) in [6, 6.07) is 0. The lowest BCUT2D eigenvalue weighted by Crippen LogP contribution is -2.87. The van der Waals surface area contributed by atoms with Crippen LogP contribution in [0.2, 0.25) is 0 Å². The molecule has 1 aliphatic heterocycles. The highest BCUT2D eigenvalue weighted by atomic mass is 19.4. The van der Waals surface area contributed by atoms with E-state index in [0.29, 0.717) is 0 Å². The molecular formula is C7F15N. The molecule has 0 spiro atoms. The van der Waals surface area contributed by atoms with Crippen LogP contribution >= 0.6 is 0 Å². The quantitative estimate of drug-likeness (QED) is 0.337. The second-order valence-corrected chi connectivity index (χ2v) is 4.24. The first-order valence-electron chi connectivity index (χ1n) is 4.76. The zero-order valence-electron chi connectivity index (χ0n) is 9.62. The van der Waals surface area contributed by atoms with Gasteiger partial charge in [-0.1, -0.05) is 0 Å². The summed E-state index contributed by atoms with van der Waals surface area (Å²) >= 11 is 0. The molecule has 1 nitrogen and oxygen atoms in total. The lowest BCUT2D eigenvalue weighted by molar-refractivity contribution is -0.552. The van der Waals surface area contributed by atoms with Gasteiger partial charge in [0.1, 0.15) is 0 Å². The molecule has 1 heterocycles. The third-order valence-corrected chi connectivity index (χ3v) is 2.91. The highest BCUT2D eigenvalue weighted by molar-refractivity contribution is 5.22. The van der Waals surface area contributed by atoms with Gasteiger partial charge in [0.05, 0.1) is 0 Å². The summed E-state index contributed by atoms with van der Waals surface area (Å²) in [6.45, 7) is 0. The van der Waals surface area contributed by atoms with Crippen molar-refractivity contribution in [2.75, 3.05) is 0 Å². The van der Waals surface area contributed by atoms with Crippen LogP contribution in [-0.4, -0.2) is 46.8 Å². The highest BCUT2D eigenvalue weighted by Gasteiger charge is 3.02. The Bertz CT molecular complexity index is 447. The molecule has 0 aromatic rings. The highest BCUT2D eigenvalue weighted by Crippen LogP contribution is 2.69. The Labute approximate surface area is 114 Å². The summed E-state index contributed by atoms with van der Waals surface area (Å²) in [7, 11) is 0. The van der Waals surface area contributed by atoms with E-state index < -0.39 is 46.8 Å². The zero-order valence-corrected chi connectivity index (χ0v) is 9.62. The number of alkyl halides is 14. The molecule has 16 heteroatoms. The predicted molar refractivity (Wildman–Crippen MR) is 37.6 cm³/mol. The third-order valence-electron chi connectivity index (χ3n) is 2.91. The largest absolute Gasteiger partial charge is 0.445 e. The van der Waals surface area contributed by atoms with Crippen molar-refractivity contribution < 1.29 is 65.9 Å². The number of hydrogen-bond donors (Lipinski definition) is 0. The van der Waals surface area contributed by atoms with E-state index >= 15 is 0 Å². The number of halogens is 15. The van der Waals surface area contributed by atoms with Crippen LogP contribution < -0.4 is 0 Å². The maximum Gasteiger partial charge on any atom is 0.445 e. The first-order valence-corrected chi connectivity index (χ1v) is 4.76. The fourth-order valence-electron chi connectivity index (χ4n) is 1.65. The van der Waals surface area contributed by atoms with Gasteiger partial charge in [-0.05, 0) is 5.12 Å². The van der Waals surface area contributed by atoms with Gasteiger partial charge < -0.3 is 0 Å². The predicted octanol–water partition coefficient (Wildman–Crippen LogP) is 4.55. The number of rotatable bonds is 0. The molecule has 0 aromatic heterocycles. The maximum absolute atomic E-state index is 13.2. The minimum absolute atomic E-state index is 4.31. The van der Waals surface area contributed by atoms with E-state index in [1.54, 1.807) is 0 Å². The Morgan fingerprint density at radius 2 is 0.696 bits per heavy atom. The van der Waals surface area contributed by atoms with Crippen LogP contribution in [0.5, 0.6) is 0 Å². The van der Waals surface area contributed by atoms with Gasteiger partial charge in [0, 0.05) is 0 Å². The van der Waals surface area contributed by atoms with Gasteiger partial charge in [0.2, 0.25) is 0 Å². The van der Waals surface area contributed by atoms with Gasteiger partial charge in [-0.15, -0.1) is 4.48 Å². The lowest BCUT2D eigenvalue weighted by atomic mass is 9.83. The first-order chi connectivity index (χ1) is 9.65. The van der Waals surface area contributed by atoms with Crippen LogP contribution in [0.4, 0.5) is 65.9 Å². The van der Waals surface area contributed by atoms with Crippen molar-refractivity contribution in [2.24, 2.45) is 0 Å². The lowest BCUT2D eigenvalue weighted by Gasteiger charge is -2.53. The van der Waals surface area contributed by atoms with Crippen LogP contribution in [0.15, 0.2) is 0 Å². The molecule has 0 radical (unpaired) electrons. The fourth-order valence-corrected chi connectivity index (χ4v) is 1.65. The number of hydrogen-bond acceptors (Lipinski definition) is 1. The van der Waals surface area contributed by atoms with E-state index in [1.807, 2.05) is 0 Å². The summed E-state index contributed by atoms with van der Waals surface area (Å²) in [4.78, 5) is 0. The van der Waals surface area contributed by atoms with Gasteiger partial charge in [0.25, 0.3) is 0 Å². The molecule has 0 aliphatic carbocycles. The van der Waals surface area contributed by atoms with Crippen LogP contribution in [0, 0.1) is 0 Å². The van der Waals surface area contributed by atoms with E-state index in [1.165, 1.54) is 0 Å². The van der Waals surface area contributed by atoms with Gasteiger partial charge in [-0.25, -0.2) is 8.78 Å². The van der Waals surface area contributed by atoms with Crippen LogP contribution in [0.25, 0.3) is 0 Å². The van der Waals surface area contributed by atoms with Crippen molar-refractivity contribution >= 4 is 0 Å². The molecule has 0 N–H and O–H groups in total. The molecule has 138 valence electrons. The van der Waals surface area contributed by atoms with E-state index in [9.17, 15) is 65.9 Å². The Kier molecular flexibility index (Phi) is 3.73. The second kappa shape index (κ2) is 4.30. The van der Waals surface area contributed by atoms with Gasteiger partial charge in [-0.2, -0.15) is 52.7 Å². The molecule has 1 rings (SSSR count). The molecule has 0 saturated carbocycles. The summed E-state index contributed by atoms with van der Waals surface area (Å²) in [6.07, 6.45) is -15.3. The van der Waals surface area contributed by atoms with Crippen molar-refractivity contribution in [1.29, 1.82) is 0 Å². The van der Waals surface area contributed by atoms with Crippen LogP contribution in [-0.2, 0) is 0 Å². The normalized spacial score (nSPS) is 37.7. The number of nitrogens with zero attached hydrogens (tertiary/aromatic N) is 1. The van der Waals surface area contributed by atoms with Crippen LogP contribution in [0.3, 0.4) is 0 Å². The molecular weight excluding hydrogens is 383 g/mol. The molecule has 1 saturated heterocycles. The first kappa shape index (κ1) is 20.0. The third kappa shape index (κ3) is 1.77. The van der Waals surface area contributed by atoms with Crippen molar-refractivity contribution in [2.45, 2.75) is 41.7 Å². The average Bonchev–Trinajstić information content (AvgIpc) is 2.30. The topological polar surface area (TPSA) is 3.24 Å². The Morgan fingerprint density at radius 3 is 0.870 bits per heavy atom. The van der Waals surface area contributed by atoms with E-state index in [2.05, 4.69) is 0 Å². The van der Waals surface area contributed by atoms with Gasteiger partial charge in [0.15, 0.2) is 0 Å². The summed E-state index contributed by atoms with van der Waals surface area (Å²) in [5.74, 6) is -39.0. The summed E-state index contributed by atoms with van der Waals surface area (Å²) in [5, 5.41) is -4.31.